The minimum Gasteiger partial charge on any atom is -0.307 e. The van der Waals surface area contributed by atoms with Crippen LogP contribution in [0.2, 0.25) is 0 Å². The molecule has 0 radical (unpaired) electrons. The summed E-state index contributed by atoms with van der Waals surface area (Å²) in [5.41, 5.74) is 1.24. The molecular formula is C13H21N5. The van der Waals surface area contributed by atoms with Gasteiger partial charge in [-0.1, -0.05) is 6.92 Å². The molecule has 5 heteroatoms. The van der Waals surface area contributed by atoms with Crippen molar-refractivity contribution >= 4 is 0 Å². The molecule has 0 aliphatic carbocycles. The Morgan fingerprint density at radius 2 is 2.22 bits per heavy atom. The summed E-state index contributed by atoms with van der Waals surface area (Å²) in [5, 5.41) is 12.0. The van der Waals surface area contributed by atoms with Crippen LogP contribution >= 0.6 is 0 Å². The summed E-state index contributed by atoms with van der Waals surface area (Å²) in [6.07, 6.45) is 6.77. The molecule has 0 amide bonds. The van der Waals surface area contributed by atoms with E-state index in [9.17, 15) is 0 Å². The third-order valence-electron chi connectivity index (χ3n) is 2.89. The van der Waals surface area contributed by atoms with E-state index in [0.29, 0.717) is 6.04 Å². The van der Waals surface area contributed by atoms with E-state index in [-0.39, 0.29) is 0 Å². The highest BCUT2D eigenvalue weighted by Gasteiger charge is 2.05. The van der Waals surface area contributed by atoms with E-state index in [1.165, 1.54) is 5.69 Å². The zero-order valence-electron chi connectivity index (χ0n) is 11.1. The lowest BCUT2D eigenvalue weighted by Crippen LogP contribution is -2.31. The minimum atomic E-state index is 0.384. The summed E-state index contributed by atoms with van der Waals surface area (Å²) in [5.74, 6) is 0. The fraction of sp³-hybridized carbons (Fsp3) is 0.538. The molecule has 1 N–H and O–H groups in total. The van der Waals surface area contributed by atoms with Crippen molar-refractivity contribution in [2.45, 2.75) is 45.9 Å². The van der Waals surface area contributed by atoms with Gasteiger partial charge in [0.05, 0.1) is 12.2 Å². The Balaban J connectivity index is 1.81. The molecule has 0 saturated heterocycles. The van der Waals surface area contributed by atoms with Gasteiger partial charge in [-0.15, -0.1) is 0 Å². The first-order valence-electron chi connectivity index (χ1n) is 6.51. The van der Waals surface area contributed by atoms with Gasteiger partial charge in [0.15, 0.2) is 0 Å². The van der Waals surface area contributed by atoms with Crippen LogP contribution in [0, 0.1) is 0 Å². The van der Waals surface area contributed by atoms with Crippen LogP contribution in [0.5, 0.6) is 0 Å². The fourth-order valence-electron chi connectivity index (χ4n) is 1.96. The van der Waals surface area contributed by atoms with Crippen LogP contribution in [0.4, 0.5) is 0 Å². The quantitative estimate of drug-likeness (QED) is 0.809. The van der Waals surface area contributed by atoms with E-state index in [0.717, 1.165) is 26.1 Å². The van der Waals surface area contributed by atoms with Gasteiger partial charge in [0.1, 0.15) is 0 Å². The molecule has 0 aliphatic heterocycles. The van der Waals surface area contributed by atoms with Crippen molar-refractivity contribution in [3.63, 3.8) is 0 Å². The van der Waals surface area contributed by atoms with Gasteiger partial charge in [-0.25, -0.2) is 0 Å². The highest BCUT2D eigenvalue weighted by Crippen LogP contribution is 2.01. The summed E-state index contributed by atoms with van der Waals surface area (Å²) in [6, 6.07) is 4.40. The molecule has 1 atom stereocenters. The summed E-state index contributed by atoms with van der Waals surface area (Å²) < 4.78 is 4.01. The Morgan fingerprint density at radius 1 is 1.33 bits per heavy atom. The second-order valence-corrected chi connectivity index (χ2v) is 4.56. The number of rotatable bonds is 7. The molecule has 0 aromatic carbocycles. The van der Waals surface area contributed by atoms with Crippen molar-refractivity contribution in [1.29, 1.82) is 0 Å². The average molecular weight is 247 g/mol. The predicted octanol–water partition coefficient (Wildman–Crippen LogP) is 1.67. The van der Waals surface area contributed by atoms with E-state index >= 15 is 0 Å². The number of hydrogen-bond donors (Lipinski definition) is 1. The zero-order valence-corrected chi connectivity index (χ0v) is 11.1. The lowest BCUT2D eigenvalue weighted by atomic mass is 10.3. The molecule has 5 nitrogen and oxygen atoms in total. The smallest absolute Gasteiger partial charge is 0.0560 e. The highest BCUT2D eigenvalue weighted by molar-refractivity contribution is 5.00. The Hall–Kier alpha value is -1.62. The van der Waals surface area contributed by atoms with Crippen LogP contribution in [0.1, 0.15) is 26.0 Å². The molecule has 0 saturated carbocycles. The molecule has 1 unspecified atom stereocenters. The van der Waals surface area contributed by atoms with E-state index in [1.54, 1.807) is 0 Å². The van der Waals surface area contributed by atoms with Crippen molar-refractivity contribution in [2.24, 2.45) is 0 Å². The van der Waals surface area contributed by atoms with Crippen LogP contribution in [-0.4, -0.2) is 25.6 Å². The van der Waals surface area contributed by atoms with Crippen molar-refractivity contribution < 1.29 is 0 Å². The Kier molecular flexibility index (Phi) is 4.52. The van der Waals surface area contributed by atoms with Gasteiger partial charge in [0, 0.05) is 37.7 Å². The molecule has 0 fully saturated rings. The van der Waals surface area contributed by atoms with Gasteiger partial charge in [-0.05, 0) is 25.5 Å². The molecule has 2 aromatic heterocycles. The van der Waals surface area contributed by atoms with E-state index in [2.05, 4.69) is 40.1 Å². The van der Waals surface area contributed by atoms with Crippen molar-refractivity contribution in [3.05, 3.63) is 36.4 Å². The number of nitrogens with zero attached hydrogens (tertiary/aromatic N) is 4. The second kappa shape index (κ2) is 6.35. The molecule has 18 heavy (non-hydrogen) atoms. The third kappa shape index (κ3) is 3.43. The molecular weight excluding hydrogens is 226 g/mol. The molecule has 0 aliphatic rings. The Bertz CT molecular complexity index is 446. The summed E-state index contributed by atoms with van der Waals surface area (Å²) in [4.78, 5) is 0. The van der Waals surface area contributed by atoms with Crippen LogP contribution in [-0.2, 0) is 19.6 Å². The van der Waals surface area contributed by atoms with Crippen LogP contribution < -0.4 is 5.32 Å². The first kappa shape index (κ1) is 12.8. The van der Waals surface area contributed by atoms with Gasteiger partial charge in [0.2, 0.25) is 0 Å². The molecule has 2 rings (SSSR count). The fourth-order valence-corrected chi connectivity index (χ4v) is 1.96. The van der Waals surface area contributed by atoms with Gasteiger partial charge in [-0.3, -0.25) is 9.36 Å². The number of aromatic nitrogens is 4. The molecule has 0 spiro atoms. The second-order valence-electron chi connectivity index (χ2n) is 4.56. The number of nitrogens with one attached hydrogen (secondary N) is 1. The highest BCUT2D eigenvalue weighted by atomic mass is 15.3. The first-order chi connectivity index (χ1) is 8.79. The normalized spacial score (nSPS) is 12.8. The summed E-state index contributed by atoms with van der Waals surface area (Å²) in [7, 11) is 0. The van der Waals surface area contributed by atoms with Gasteiger partial charge in [0.25, 0.3) is 0 Å². The van der Waals surface area contributed by atoms with Crippen LogP contribution in [0.25, 0.3) is 0 Å². The Morgan fingerprint density at radius 3 is 2.94 bits per heavy atom. The zero-order chi connectivity index (χ0) is 12.8. The van der Waals surface area contributed by atoms with E-state index in [4.69, 9.17) is 0 Å². The van der Waals surface area contributed by atoms with Crippen LogP contribution in [0.3, 0.4) is 0 Å². The minimum absolute atomic E-state index is 0.384. The molecule has 98 valence electrons. The maximum atomic E-state index is 4.32. The average Bonchev–Trinajstić information content (AvgIpc) is 2.99. The monoisotopic (exact) mass is 247 g/mol. The number of hydrogen-bond acceptors (Lipinski definition) is 3. The van der Waals surface area contributed by atoms with Crippen molar-refractivity contribution in [3.8, 4) is 0 Å². The molecule has 0 bridgehead atoms. The Labute approximate surface area is 108 Å². The van der Waals surface area contributed by atoms with Gasteiger partial charge >= 0.3 is 0 Å². The topological polar surface area (TPSA) is 47.7 Å². The van der Waals surface area contributed by atoms with Crippen LogP contribution in [0.15, 0.2) is 30.7 Å². The maximum Gasteiger partial charge on any atom is 0.0560 e. The standard InChI is InChI=1S/C13H21N5/c1-3-8-18-13(5-7-16-18)10-14-12(2)11-17-9-4-6-15-17/h4-7,9,12,14H,3,8,10-11H2,1-2H3. The first-order valence-corrected chi connectivity index (χ1v) is 6.51. The largest absolute Gasteiger partial charge is 0.307 e. The molecule has 2 aromatic rings. The van der Waals surface area contributed by atoms with E-state index < -0.39 is 0 Å². The lowest BCUT2D eigenvalue weighted by molar-refractivity contribution is 0.438. The third-order valence-corrected chi connectivity index (χ3v) is 2.89. The SMILES string of the molecule is CCCn1nccc1CNC(C)Cn1cccn1. The van der Waals surface area contributed by atoms with Gasteiger partial charge < -0.3 is 5.32 Å². The maximum absolute atomic E-state index is 4.32. The molecule has 2 heterocycles. The number of aryl methyl sites for hydroxylation is 1. The van der Waals surface area contributed by atoms with E-state index in [1.807, 2.05) is 29.3 Å². The lowest BCUT2D eigenvalue weighted by Gasteiger charge is -2.14. The predicted molar refractivity (Wildman–Crippen MR) is 71.0 cm³/mol. The summed E-state index contributed by atoms with van der Waals surface area (Å²) in [6.45, 7) is 7.05. The summed E-state index contributed by atoms with van der Waals surface area (Å²) >= 11 is 0. The van der Waals surface area contributed by atoms with Gasteiger partial charge in [-0.2, -0.15) is 10.2 Å². The van der Waals surface area contributed by atoms with Crippen molar-refractivity contribution in [2.75, 3.05) is 0 Å². The van der Waals surface area contributed by atoms with Crippen molar-refractivity contribution in [1.82, 2.24) is 24.9 Å².